The zero-order chi connectivity index (χ0) is 20.9. The second-order valence-electron chi connectivity index (χ2n) is 7.61. The first-order valence-corrected chi connectivity index (χ1v) is 10.4. The third-order valence-corrected chi connectivity index (χ3v) is 5.61. The summed E-state index contributed by atoms with van der Waals surface area (Å²) in [6.45, 7) is 7.58. The molecule has 30 heavy (non-hydrogen) atoms. The molecule has 0 unspecified atom stereocenters. The average Bonchev–Trinajstić information content (AvgIpc) is 2.77. The van der Waals surface area contributed by atoms with Gasteiger partial charge >= 0.3 is 5.63 Å². The number of hydrogen-bond donors (Lipinski definition) is 0. The van der Waals surface area contributed by atoms with Gasteiger partial charge in [-0.3, -0.25) is 4.90 Å². The van der Waals surface area contributed by atoms with Crippen LogP contribution in [0.2, 0.25) is 0 Å². The van der Waals surface area contributed by atoms with Crippen LogP contribution in [0.1, 0.15) is 12.0 Å². The molecule has 0 spiro atoms. The van der Waals surface area contributed by atoms with Crippen LogP contribution in [0, 0.1) is 6.92 Å². The highest BCUT2D eigenvalue weighted by Crippen LogP contribution is 2.28. The number of hydrogen-bond acceptors (Lipinski definition) is 6. The molecule has 0 atom stereocenters. The predicted octanol–water partition coefficient (Wildman–Crippen LogP) is 3.70. The van der Waals surface area contributed by atoms with Crippen molar-refractivity contribution in [2.24, 2.45) is 0 Å². The van der Waals surface area contributed by atoms with Crippen LogP contribution in [0.25, 0.3) is 11.0 Å². The molecular formula is C24H28N2O4. The zero-order valence-corrected chi connectivity index (χ0v) is 17.6. The Kier molecular flexibility index (Phi) is 6.23. The minimum absolute atomic E-state index is 0.329. The van der Waals surface area contributed by atoms with E-state index in [0.29, 0.717) is 12.2 Å². The quantitative estimate of drug-likeness (QED) is 0.439. The van der Waals surface area contributed by atoms with Gasteiger partial charge < -0.3 is 18.8 Å². The molecule has 1 aromatic heterocycles. The Morgan fingerprint density at radius 1 is 1.03 bits per heavy atom. The molecule has 3 aromatic rings. The number of methoxy groups -OCH3 is 1. The first kappa shape index (κ1) is 20.3. The Bertz CT molecular complexity index is 1050. The van der Waals surface area contributed by atoms with Gasteiger partial charge in [-0.05, 0) is 43.2 Å². The summed E-state index contributed by atoms with van der Waals surface area (Å²) in [5.74, 6) is 1.66. The van der Waals surface area contributed by atoms with Gasteiger partial charge in [0.05, 0.1) is 19.4 Å². The van der Waals surface area contributed by atoms with Crippen molar-refractivity contribution < 1.29 is 13.9 Å². The van der Waals surface area contributed by atoms with E-state index in [-0.39, 0.29) is 5.63 Å². The van der Waals surface area contributed by atoms with E-state index in [1.54, 1.807) is 13.2 Å². The van der Waals surface area contributed by atoms with Crippen LogP contribution < -0.4 is 20.0 Å². The Morgan fingerprint density at radius 3 is 2.63 bits per heavy atom. The highest BCUT2D eigenvalue weighted by Gasteiger charge is 2.19. The van der Waals surface area contributed by atoms with Gasteiger partial charge in [-0.15, -0.1) is 0 Å². The molecule has 6 heteroatoms. The summed E-state index contributed by atoms with van der Waals surface area (Å²) < 4.78 is 16.7. The lowest BCUT2D eigenvalue weighted by molar-refractivity contribution is 0.224. The molecule has 1 aliphatic rings. The van der Waals surface area contributed by atoms with Crippen molar-refractivity contribution >= 4 is 16.7 Å². The van der Waals surface area contributed by atoms with Crippen LogP contribution in [0.3, 0.4) is 0 Å². The summed E-state index contributed by atoms with van der Waals surface area (Å²) in [7, 11) is 1.72. The van der Waals surface area contributed by atoms with E-state index in [4.69, 9.17) is 13.9 Å². The van der Waals surface area contributed by atoms with Crippen LogP contribution in [-0.2, 0) is 0 Å². The molecule has 0 saturated carbocycles. The van der Waals surface area contributed by atoms with Crippen molar-refractivity contribution in [3.8, 4) is 11.5 Å². The highest BCUT2D eigenvalue weighted by atomic mass is 16.5. The lowest BCUT2D eigenvalue weighted by Crippen LogP contribution is -2.46. The molecule has 158 valence electrons. The van der Waals surface area contributed by atoms with Crippen molar-refractivity contribution in [2.75, 3.05) is 51.3 Å². The molecule has 1 saturated heterocycles. The third kappa shape index (κ3) is 4.60. The fourth-order valence-electron chi connectivity index (χ4n) is 3.98. The van der Waals surface area contributed by atoms with E-state index in [1.165, 1.54) is 11.8 Å². The number of fused-ring (bicyclic) bond motifs is 1. The van der Waals surface area contributed by atoms with Crippen LogP contribution in [0.4, 0.5) is 5.69 Å². The van der Waals surface area contributed by atoms with Crippen molar-refractivity contribution in [3.05, 3.63) is 64.5 Å². The summed E-state index contributed by atoms with van der Waals surface area (Å²) in [5.41, 5.74) is 2.33. The van der Waals surface area contributed by atoms with E-state index < -0.39 is 0 Å². The molecular weight excluding hydrogens is 380 g/mol. The van der Waals surface area contributed by atoms with Gasteiger partial charge in [0.2, 0.25) is 0 Å². The molecule has 0 aliphatic carbocycles. The molecule has 6 nitrogen and oxygen atoms in total. The van der Waals surface area contributed by atoms with Gasteiger partial charge in [0, 0.05) is 50.2 Å². The summed E-state index contributed by atoms with van der Waals surface area (Å²) in [6.07, 6.45) is 0.949. The number of rotatable bonds is 7. The fourth-order valence-corrected chi connectivity index (χ4v) is 3.98. The van der Waals surface area contributed by atoms with Gasteiger partial charge in [0.1, 0.15) is 17.1 Å². The van der Waals surface area contributed by atoms with Crippen LogP contribution in [0.5, 0.6) is 11.5 Å². The molecule has 2 aromatic carbocycles. The lowest BCUT2D eigenvalue weighted by atomic mass is 10.1. The zero-order valence-electron chi connectivity index (χ0n) is 17.6. The smallest absolute Gasteiger partial charge is 0.336 e. The number of aryl methyl sites for hydroxylation is 1. The largest absolute Gasteiger partial charge is 0.495 e. The SMILES string of the molecule is COc1ccccc1N1CCN(CCCOc2ccc3c(C)cc(=O)oc3c2)CC1. The third-order valence-electron chi connectivity index (χ3n) is 5.61. The lowest BCUT2D eigenvalue weighted by Gasteiger charge is -2.36. The van der Waals surface area contributed by atoms with E-state index in [2.05, 4.69) is 21.9 Å². The van der Waals surface area contributed by atoms with Crippen molar-refractivity contribution in [2.45, 2.75) is 13.3 Å². The molecule has 0 radical (unpaired) electrons. The maximum absolute atomic E-state index is 11.6. The van der Waals surface area contributed by atoms with Gasteiger partial charge in [0.15, 0.2) is 0 Å². The Morgan fingerprint density at radius 2 is 1.83 bits per heavy atom. The van der Waals surface area contributed by atoms with E-state index in [9.17, 15) is 4.79 Å². The standard InChI is InChI=1S/C24H28N2O4/c1-18-16-24(27)30-23-17-19(8-9-20(18)23)29-15-5-10-25-11-13-26(14-12-25)21-6-3-4-7-22(21)28-2/h3-4,6-9,16-17H,5,10-15H2,1-2H3. The number of piperazine rings is 1. The van der Waals surface area contributed by atoms with Gasteiger partial charge in [-0.1, -0.05) is 12.1 Å². The Hall–Kier alpha value is -2.99. The normalized spacial score (nSPS) is 14.8. The maximum Gasteiger partial charge on any atom is 0.336 e. The first-order valence-electron chi connectivity index (χ1n) is 10.4. The van der Waals surface area contributed by atoms with E-state index in [0.717, 1.165) is 61.6 Å². The average molecular weight is 408 g/mol. The van der Waals surface area contributed by atoms with Crippen molar-refractivity contribution in [1.82, 2.24) is 4.90 Å². The Balaban J connectivity index is 1.24. The predicted molar refractivity (Wildman–Crippen MR) is 119 cm³/mol. The molecule has 0 N–H and O–H groups in total. The number of nitrogens with zero attached hydrogens (tertiary/aromatic N) is 2. The molecule has 0 amide bonds. The molecule has 0 bridgehead atoms. The number of benzene rings is 2. The molecule has 1 fully saturated rings. The van der Waals surface area contributed by atoms with E-state index in [1.807, 2.05) is 31.2 Å². The van der Waals surface area contributed by atoms with Crippen LogP contribution in [0.15, 0.2) is 57.7 Å². The Labute approximate surface area is 176 Å². The summed E-state index contributed by atoms with van der Waals surface area (Å²) >= 11 is 0. The molecule has 2 heterocycles. The number of ether oxygens (including phenoxy) is 2. The maximum atomic E-state index is 11.6. The molecule has 4 rings (SSSR count). The van der Waals surface area contributed by atoms with Gasteiger partial charge in [-0.25, -0.2) is 4.79 Å². The topological polar surface area (TPSA) is 55.2 Å². The summed E-state index contributed by atoms with van der Waals surface area (Å²) in [4.78, 5) is 16.4. The number of anilines is 1. The van der Waals surface area contributed by atoms with E-state index >= 15 is 0 Å². The van der Waals surface area contributed by atoms with Gasteiger partial charge in [-0.2, -0.15) is 0 Å². The second kappa shape index (κ2) is 9.22. The second-order valence-corrected chi connectivity index (χ2v) is 7.61. The first-order chi connectivity index (χ1) is 14.6. The van der Waals surface area contributed by atoms with Crippen molar-refractivity contribution in [3.63, 3.8) is 0 Å². The monoisotopic (exact) mass is 408 g/mol. The van der Waals surface area contributed by atoms with Crippen LogP contribution >= 0.6 is 0 Å². The minimum atomic E-state index is -0.329. The summed E-state index contributed by atoms with van der Waals surface area (Å²) in [6, 6.07) is 15.4. The summed E-state index contributed by atoms with van der Waals surface area (Å²) in [5, 5.41) is 0.940. The van der Waals surface area contributed by atoms with Crippen molar-refractivity contribution in [1.29, 1.82) is 0 Å². The fraction of sp³-hybridized carbons (Fsp3) is 0.375. The van der Waals surface area contributed by atoms with Gasteiger partial charge in [0.25, 0.3) is 0 Å². The number of para-hydroxylation sites is 2. The molecule has 1 aliphatic heterocycles. The van der Waals surface area contributed by atoms with Crippen LogP contribution in [-0.4, -0.2) is 51.3 Å². The highest BCUT2D eigenvalue weighted by molar-refractivity contribution is 5.81. The minimum Gasteiger partial charge on any atom is -0.495 e.